The first-order chi connectivity index (χ1) is 23.8. The first kappa shape index (κ1) is 26.7. The van der Waals surface area contributed by atoms with Crippen molar-refractivity contribution in [1.82, 2.24) is 0 Å². The number of furan rings is 3. The summed E-state index contributed by atoms with van der Waals surface area (Å²) in [6.45, 7) is 0. The van der Waals surface area contributed by atoms with E-state index in [1.54, 1.807) is 0 Å². The van der Waals surface area contributed by atoms with Crippen molar-refractivity contribution in [3.63, 3.8) is 0 Å². The van der Waals surface area contributed by atoms with Gasteiger partial charge in [-0.2, -0.15) is 0 Å². The lowest BCUT2D eigenvalue weighted by Gasteiger charge is -2.26. The molecule has 0 unspecified atom stereocenters. The van der Waals surface area contributed by atoms with Gasteiger partial charge >= 0.3 is 0 Å². The van der Waals surface area contributed by atoms with Gasteiger partial charge in [-0.1, -0.05) is 91.0 Å². The van der Waals surface area contributed by atoms with Crippen molar-refractivity contribution in [3.05, 3.63) is 164 Å². The summed E-state index contributed by atoms with van der Waals surface area (Å²) in [7, 11) is 0. The Morgan fingerprint density at radius 1 is 0.312 bits per heavy atom. The zero-order chi connectivity index (χ0) is 31.6. The molecule has 0 saturated heterocycles. The molecule has 0 radical (unpaired) electrons. The first-order valence-electron chi connectivity index (χ1n) is 16.1. The number of anilines is 3. The average Bonchev–Trinajstić information content (AvgIpc) is 3.86. The van der Waals surface area contributed by atoms with Crippen LogP contribution < -0.4 is 4.90 Å². The highest BCUT2D eigenvalue weighted by atomic mass is 16.3. The molecule has 0 aliphatic heterocycles. The number of rotatable bonds is 5. The van der Waals surface area contributed by atoms with Gasteiger partial charge in [0.25, 0.3) is 0 Å². The predicted molar refractivity (Wildman–Crippen MR) is 196 cm³/mol. The van der Waals surface area contributed by atoms with Gasteiger partial charge in [-0.25, -0.2) is 0 Å². The number of benzene rings is 7. The van der Waals surface area contributed by atoms with Crippen LogP contribution in [0.3, 0.4) is 0 Å². The van der Waals surface area contributed by atoms with E-state index >= 15 is 0 Å². The van der Waals surface area contributed by atoms with Gasteiger partial charge in [0.2, 0.25) is 0 Å². The van der Waals surface area contributed by atoms with Crippen molar-refractivity contribution in [2.45, 2.75) is 0 Å². The van der Waals surface area contributed by atoms with Gasteiger partial charge in [0.05, 0.1) is 0 Å². The Morgan fingerprint density at radius 2 is 0.812 bits per heavy atom. The lowest BCUT2D eigenvalue weighted by molar-refractivity contribution is 0.631. The van der Waals surface area contributed by atoms with Crippen molar-refractivity contribution >= 4 is 71.9 Å². The van der Waals surface area contributed by atoms with Gasteiger partial charge in [0.1, 0.15) is 33.7 Å². The first-order valence-corrected chi connectivity index (χ1v) is 16.1. The normalized spacial score (nSPS) is 11.8. The molecule has 0 atom stereocenters. The Bertz CT molecular complexity index is 2770. The Hall–Kier alpha value is -6.52. The smallest absolute Gasteiger partial charge is 0.136 e. The molecule has 0 aliphatic carbocycles. The Morgan fingerprint density at radius 3 is 1.58 bits per heavy atom. The summed E-state index contributed by atoms with van der Waals surface area (Å²) in [4.78, 5) is 2.30. The van der Waals surface area contributed by atoms with E-state index in [9.17, 15) is 0 Å². The zero-order valence-electron chi connectivity index (χ0n) is 25.8. The van der Waals surface area contributed by atoms with Gasteiger partial charge in [-0.05, 0) is 83.9 Å². The molecule has 0 N–H and O–H groups in total. The summed E-state index contributed by atoms with van der Waals surface area (Å²) in [5.41, 5.74) is 10.8. The van der Waals surface area contributed by atoms with Crippen molar-refractivity contribution in [2.75, 3.05) is 4.90 Å². The van der Waals surface area contributed by atoms with E-state index in [1.807, 2.05) is 48.5 Å². The van der Waals surface area contributed by atoms with Gasteiger partial charge < -0.3 is 18.2 Å². The Balaban J connectivity index is 1.18. The molecule has 7 aromatic carbocycles. The highest BCUT2D eigenvalue weighted by Crippen LogP contribution is 2.43. The van der Waals surface area contributed by atoms with Crippen LogP contribution in [0.2, 0.25) is 0 Å². The average molecular weight is 618 g/mol. The number of fused-ring (bicyclic) bond motifs is 8. The number of hydrogen-bond donors (Lipinski definition) is 0. The predicted octanol–water partition coefficient (Wildman–Crippen LogP) is 13.0. The van der Waals surface area contributed by atoms with Crippen molar-refractivity contribution in [3.8, 4) is 22.5 Å². The molecule has 0 aliphatic rings. The second-order valence-corrected chi connectivity index (χ2v) is 12.1. The number of hydrogen-bond acceptors (Lipinski definition) is 4. The molecule has 4 nitrogen and oxygen atoms in total. The second kappa shape index (κ2) is 10.5. The molecule has 226 valence electrons. The zero-order valence-corrected chi connectivity index (χ0v) is 25.8. The summed E-state index contributed by atoms with van der Waals surface area (Å²) in [6.07, 6.45) is 0. The van der Waals surface area contributed by atoms with Gasteiger partial charge in [-0.3, -0.25) is 0 Å². The van der Waals surface area contributed by atoms with E-state index in [2.05, 4.69) is 120 Å². The van der Waals surface area contributed by atoms with E-state index in [-0.39, 0.29) is 0 Å². The fourth-order valence-corrected chi connectivity index (χ4v) is 6.99. The highest BCUT2D eigenvalue weighted by molar-refractivity contribution is 6.19. The van der Waals surface area contributed by atoms with E-state index in [0.29, 0.717) is 0 Å². The van der Waals surface area contributed by atoms with Crippen LogP contribution in [0.15, 0.2) is 177 Å². The Labute approximate surface area is 275 Å². The largest absolute Gasteiger partial charge is 0.456 e. The molecule has 0 amide bonds. The number of nitrogens with zero attached hydrogens (tertiary/aromatic N) is 1. The highest BCUT2D eigenvalue weighted by Gasteiger charge is 2.20. The third-order valence-electron chi connectivity index (χ3n) is 9.28. The van der Waals surface area contributed by atoms with Crippen molar-refractivity contribution in [1.29, 1.82) is 0 Å². The molecule has 0 fully saturated rings. The fraction of sp³-hybridized carbons (Fsp3) is 0. The molecule has 3 aromatic heterocycles. The minimum Gasteiger partial charge on any atom is -0.456 e. The lowest BCUT2D eigenvalue weighted by atomic mass is 10.0. The van der Waals surface area contributed by atoms with Crippen LogP contribution in [0.5, 0.6) is 0 Å². The third kappa shape index (κ3) is 4.24. The van der Waals surface area contributed by atoms with Crippen LogP contribution in [-0.4, -0.2) is 0 Å². The lowest BCUT2D eigenvalue weighted by Crippen LogP contribution is -2.09. The molecular formula is C44H27NO3. The third-order valence-corrected chi connectivity index (χ3v) is 9.28. The SMILES string of the molecule is c1ccc(-c2ccc(N(c3ccc4oc5ccccc5c4c3)c3ccc4oc5ccc6oc(-c7ccccc7)cc6c5c4c3)cc2)cc1. The maximum Gasteiger partial charge on any atom is 0.136 e. The van der Waals surface area contributed by atoms with E-state index in [1.165, 1.54) is 11.1 Å². The molecule has 0 saturated carbocycles. The minimum absolute atomic E-state index is 0.833. The summed E-state index contributed by atoms with van der Waals surface area (Å²) in [5, 5.41) is 5.30. The van der Waals surface area contributed by atoms with Gasteiger partial charge in [-0.15, -0.1) is 0 Å². The van der Waals surface area contributed by atoms with Crippen LogP contribution in [0.4, 0.5) is 17.1 Å². The topological polar surface area (TPSA) is 42.7 Å². The monoisotopic (exact) mass is 617 g/mol. The second-order valence-electron chi connectivity index (χ2n) is 12.1. The van der Waals surface area contributed by atoms with Crippen LogP contribution in [0.25, 0.3) is 77.3 Å². The standard InChI is InChI=1S/C44H27NO3/c1-3-9-28(10-4-1)29-15-17-31(18-16-29)45(32-19-21-39-35(25-32)34-13-7-8-14-38(34)46-39)33-20-22-40-36(26-33)44-37-27-43(30-11-5-2-6-12-30)48-41(37)23-24-42(44)47-40/h1-27H. The summed E-state index contributed by atoms with van der Waals surface area (Å²) >= 11 is 0. The van der Waals surface area contributed by atoms with Crippen LogP contribution in [0.1, 0.15) is 0 Å². The molecule has 4 heteroatoms. The molecule has 48 heavy (non-hydrogen) atoms. The fourth-order valence-electron chi connectivity index (χ4n) is 6.99. The quantitative estimate of drug-likeness (QED) is 0.193. The van der Waals surface area contributed by atoms with Gasteiger partial charge in [0, 0.05) is 49.6 Å². The van der Waals surface area contributed by atoms with Gasteiger partial charge in [0.15, 0.2) is 0 Å². The summed E-state index contributed by atoms with van der Waals surface area (Å²) < 4.78 is 19.0. The van der Waals surface area contributed by atoms with Crippen LogP contribution >= 0.6 is 0 Å². The van der Waals surface area contributed by atoms with E-state index in [4.69, 9.17) is 13.3 Å². The van der Waals surface area contributed by atoms with Crippen molar-refractivity contribution < 1.29 is 13.3 Å². The molecule has 10 aromatic rings. The molecule has 10 rings (SSSR count). The maximum absolute atomic E-state index is 6.41. The number of para-hydroxylation sites is 1. The molecule has 3 heterocycles. The maximum atomic E-state index is 6.41. The molecule has 0 spiro atoms. The summed E-state index contributed by atoms with van der Waals surface area (Å²) in [5.74, 6) is 0.837. The molecular weight excluding hydrogens is 590 g/mol. The van der Waals surface area contributed by atoms with E-state index < -0.39 is 0 Å². The Kier molecular flexibility index (Phi) is 5.84. The summed E-state index contributed by atoms with van der Waals surface area (Å²) in [6, 6.07) is 56.7. The van der Waals surface area contributed by atoms with Crippen molar-refractivity contribution in [2.24, 2.45) is 0 Å². The van der Waals surface area contributed by atoms with E-state index in [0.717, 1.165) is 83.2 Å². The van der Waals surface area contributed by atoms with Crippen LogP contribution in [-0.2, 0) is 0 Å². The van der Waals surface area contributed by atoms with Crippen LogP contribution in [0, 0.1) is 0 Å². The molecule has 0 bridgehead atoms. The minimum atomic E-state index is 0.833.